The quantitative estimate of drug-likeness (QED) is 0.812. The summed E-state index contributed by atoms with van der Waals surface area (Å²) in [6, 6.07) is 15.6. The van der Waals surface area contributed by atoms with Crippen molar-refractivity contribution in [2.45, 2.75) is 18.7 Å². The van der Waals surface area contributed by atoms with Crippen LogP contribution in [0.25, 0.3) is 0 Å². The van der Waals surface area contributed by atoms with E-state index >= 15 is 0 Å². The molecule has 0 atom stereocenters. The zero-order valence-electron chi connectivity index (χ0n) is 14.3. The lowest BCUT2D eigenvalue weighted by molar-refractivity contribution is 0.603. The number of hydrogen-bond acceptors (Lipinski definition) is 6. The van der Waals surface area contributed by atoms with E-state index in [0.717, 1.165) is 28.6 Å². The Morgan fingerprint density at radius 2 is 1.85 bits per heavy atom. The summed E-state index contributed by atoms with van der Waals surface area (Å²) in [5, 5.41) is 11.6. The first-order valence-electron chi connectivity index (χ1n) is 7.80. The van der Waals surface area contributed by atoms with Crippen molar-refractivity contribution < 1.29 is 8.42 Å². The molecule has 2 N–H and O–H groups in total. The second-order valence-electron chi connectivity index (χ2n) is 5.85. The van der Waals surface area contributed by atoms with Crippen LogP contribution in [0.2, 0.25) is 0 Å². The van der Waals surface area contributed by atoms with E-state index < -0.39 is 9.84 Å². The van der Waals surface area contributed by atoms with Crippen LogP contribution < -0.4 is 10.6 Å². The average molecular weight is 383 g/mol. The number of nitrogens with two attached hydrogens (primary N) is 1. The Hall–Kier alpha value is -2.69. The van der Waals surface area contributed by atoms with Gasteiger partial charge in [0.25, 0.3) is 0 Å². The molecular formula is C19H17N3O2S2. The van der Waals surface area contributed by atoms with E-state index in [0.29, 0.717) is 10.9 Å². The van der Waals surface area contributed by atoms with Gasteiger partial charge in [0, 0.05) is 5.41 Å². The predicted octanol–water partition coefficient (Wildman–Crippen LogP) is 3.78. The Bertz CT molecular complexity index is 1070. The van der Waals surface area contributed by atoms with Crippen molar-refractivity contribution in [1.29, 1.82) is 5.26 Å². The van der Waals surface area contributed by atoms with Gasteiger partial charge in [-0.3, -0.25) is 4.90 Å². The molecule has 0 saturated heterocycles. The van der Waals surface area contributed by atoms with Gasteiger partial charge in [-0.25, -0.2) is 8.42 Å². The third-order valence-electron chi connectivity index (χ3n) is 3.98. The van der Waals surface area contributed by atoms with Crippen LogP contribution in [0.4, 0.5) is 5.69 Å². The minimum absolute atomic E-state index is 0.0797. The highest BCUT2D eigenvalue weighted by Gasteiger charge is 2.32. The number of rotatable bonds is 3. The van der Waals surface area contributed by atoms with E-state index in [4.69, 9.17) is 5.73 Å². The topological polar surface area (TPSA) is 87.2 Å². The molecule has 0 aliphatic carbocycles. The Morgan fingerprint density at radius 3 is 2.50 bits per heavy atom. The molecule has 132 valence electrons. The molecule has 0 spiro atoms. The van der Waals surface area contributed by atoms with Crippen molar-refractivity contribution in [1.82, 2.24) is 0 Å². The predicted molar refractivity (Wildman–Crippen MR) is 105 cm³/mol. The van der Waals surface area contributed by atoms with Gasteiger partial charge >= 0.3 is 0 Å². The Kier molecular flexibility index (Phi) is 4.81. The van der Waals surface area contributed by atoms with E-state index in [1.54, 1.807) is 28.5 Å². The lowest BCUT2D eigenvalue weighted by atomic mass is 10.1. The first-order valence-corrected chi connectivity index (χ1v) is 10.2. The number of nitriles is 1. The molecule has 0 fully saturated rings. The highest BCUT2D eigenvalue weighted by molar-refractivity contribution is 8.07. The SMILES string of the molecule is Cc1ccc(C)c(N2C(N)=CS/C2=C(/C#N)S(=O)(=O)c2ccccc2)c1. The van der Waals surface area contributed by atoms with Crippen molar-refractivity contribution >= 4 is 27.3 Å². The number of nitrogens with zero attached hydrogens (tertiary/aromatic N) is 2. The number of thioether (sulfide) groups is 1. The van der Waals surface area contributed by atoms with Crippen LogP contribution >= 0.6 is 11.8 Å². The fourth-order valence-corrected chi connectivity index (χ4v) is 5.11. The molecule has 1 aliphatic heterocycles. The largest absolute Gasteiger partial charge is 0.384 e. The molecule has 7 heteroatoms. The van der Waals surface area contributed by atoms with Crippen molar-refractivity contribution in [3.05, 3.63) is 80.8 Å². The molecule has 0 unspecified atom stereocenters. The molecular weight excluding hydrogens is 366 g/mol. The molecule has 0 saturated carbocycles. The van der Waals surface area contributed by atoms with Crippen LogP contribution in [-0.2, 0) is 9.84 Å². The van der Waals surface area contributed by atoms with Gasteiger partial charge in [0.15, 0.2) is 4.91 Å². The molecule has 5 nitrogen and oxygen atoms in total. The molecule has 0 aromatic heterocycles. The van der Waals surface area contributed by atoms with Crippen molar-refractivity contribution in [3.8, 4) is 6.07 Å². The molecule has 3 rings (SSSR count). The molecule has 2 aromatic carbocycles. The summed E-state index contributed by atoms with van der Waals surface area (Å²) in [5.41, 5.74) is 8.83. The third kappa shape index (κ3) is 3.09. The minimum Gasteiger partial charge on any atom is -0.384 e. The van der Waals surface area contributed by atoms with Crippen LogP contribution in [0.5, 0.6) is 0 Å². The summed E-state index contributed by atoms with van der Waals surface area (Å²) >= 11 is 1.14. The average Bonchev–Trinajstić information content (AvgIpc) is 2.99. The van der Waals surface area contributed by atoms with Gasteiger partial charge < -0.3 is 5.73 Å². The number of anilines is 1. The maximum Gasteiger partial charge on any atom is 0.219 e. The summed E-state index contributed by atoms with van der Waals surface area (Å²) in [6.45, 7) is 3.86. The number of aryl methyl sites for hydroxylation is 2. The maximum absolute atomic E-state index is 13.0. The first kappa shape index (κ1) is 18.1. The van der Waals surface area contributed by atoms with E-state index in [9.17, 15) is 13.7 Å². The monoisotopic (exact) mass is 383 g/mol. The second kappa shape index (κ2) is 6.90. The minimum atomic E-state index is -3.95. The molecule has 26 heavy (non-hydrogen) atoms. The van der Waals surface area contributed by atoms with Gasteiger partial charge in [0.05, 0.1) is 10.6 Å². The summed E-state index contributed by atoms with van der Waals surface area (Å²) < 4.78 is 26.0. The van der Waals surface area contributed by atoms with Gasteiger partial charge in [-0.2, -0.15) is 5.26 Å². The lowest BCUT2D eigenvalue weighted by Gasteiger charge is -2.24. The highest BCUT2D eigenvalue weighted by Crippen LogP contribution is 2.42. The smallest absolute Gasteiger partial charge is 0.219 e. The van der Waals surface area contributed by atoms with Gasteiger partial charge in [-0.15, -0.1) is 0 Å². The summed E-state index contributed by atoms with van der Waals surface area (Å²) in [4.78, 5) is 1.40. The number of hydrogen-bond donors (Lipinski definition) is 1. The van der Waals surface area contributed by atoms with E-state index in [-0.39, 0.29) is 9.80 Å². The van der Waals surface area contributed by atoms with Gasteiger partial charge in [0.2, 0.25) is 9.84 Å². The lowest BCUT2D eigenvalue weighted by Crippen LogP contribution is -2.25. The van der Waals surface area contributed by atoms with Crippen molar-refractivity contribution in [2.24, 2.45) is 5.73 Å². The number of sulfone groups is 1. The number of allylic oxidation sites excluding steroid dienone is 1. The van der Waals surface area contributed by atoms with Crippen LogP contribution in [-0.4, -0.2) is 8.42 Å². The van der Waals surface area contributed by atoms with Crippen molar-refractivity contribution in [3.63, 3.8) is 0 Å². The van der Waals surface area contributed by atoms with Gasteiger partial charge in [0.1, 0.15) is 16.9 Å². The molecule has 1 aliphatic rings. The maximum atomic E-state index is 13.0. The fourth-order valence-electron chi connectivity index (χ4n) is 2.64. The standard InChI is InChI=1S/C19H17N3O2S2/c1-13-8-9-14(2)16(10-13)22-18(21)12-25-19(22)17(11-20)26(23,24)15-6-4-3-5-7-15/h3-10,12H,21H2,1-2H3/b19-17-. The summed E-state index contributed by atoms with van der Waals surface area (Å²) in [5.74, 6) is 0.384. The zero-order chi connectivity index (χ0) is 18.9. The Balaban J connectivity index is 2.22. The highest BCUT2D eigenvalue weighted by atomic mass is 32.2. The van der Waals surface area contributed by atoms with E-state index in [1.165, 1.54) is 12.1 Å². The number of benzene rings is 2. The molecule has 0 amide bonds. The molecule has 2 aromatic rings. The summed E-state index contributed by atoms with van der Waals surface area (Å²) in [6.07, 6.45) is 0. The second-order valence-corrected chi connectivity index (χ2v) is 8.59. The van der Waals surface area contributed by atoms with Crippen LogP contribution in [0.15, 0.2) is 74.6 Å². The van der Waals surface area contributed by atoms with E-state index in [1.807, 2.05) is 38.1 Å². The van der Waals surface area contributed by atoms with E-state index in [2.05, 4.69) is 0 Å². The molecule has 0 bridgehead atoms. The third-order valence-corrected chi connectivity index (χ3v) is 6.79. The zero-order valence-corrected chi connectivity index (χ0v) is 15.9. The van der Waals surface area contributed by atoms with Gasteiger partial charge in [-0.1, -0.05) is 42.1 Å². The summed E-state index contributed by atoms with van der Waals surface area (Å²) in [7, 11) is -3.95. The van der Waals surface area contributed by atoms with Gasteiger partial charge in [-0.05, 0) is 43.2 Å². The molecule has 0 radical (unpaired) electrons. The van der Waals surface area contributed by atoms with Crippen LogP contribution in [0.3, 0.4) is 0 Å². The van der Waals surface area contributed by atoms with Crippen molar-refractivity contribution in [2.75, 3.05) is 4.90 Å². The Labute approximate surface area is 157 Å². The van der Waals surface area contributed by atoms with Crippen LogP contribution in [0.1, 0.15) is 11.1 Å². The Morgan fingerprint density at radius 1 is 1.15 bits per heavy atom. The normalized spacial score (nSPS) is 16.2. The van der Waals surface area contributed by atoms with Crippen LogP contribution in [0, 0.1) is 25.2 Å². The first-order chi connectivity index (χ1) is 12.4. The fraction of sp³-hybridized carbons (Fsp3) is 0.105. The molecule has 1 heterocycles.